The molecule has 2 nitrogen and oxygen atoms in total. The monoisotopic (exact) mass is 451 g/mol. The fourth-order valence-electron chi connectivity index (χ4n) is 2.44. The molecule has 0 aliphatic rings. The van der Waals surface area contributed by atoms with Gasteiger partial charge >= 0.3 is 0 Å². The normalized spacial score (nSPS) is 14.0. The average molecular weight is 451 g/mol. The van der Waals surface area contributed by atoms with Gasteiger partial charge in [-0.3, -0.25) is 0 Å². The first kappa shape index (κ1) is 19.4. The zero-order chi connectivity index (χ0) is 17.6. The van der Waals surface area contributed by atoms with Crippen molar-refractivity contribution >= 4 is 42.0 Å². The van der Waals surface area contributed by atoms with Crippen molar-refractivity contribution in [3.63, 3.8) is 0 Å². The Balaban J connectivity index is 2.16. The molecule has 0 heterocycles. The first-order chi connectivity index (χ1) is 11.3. The molecule has 0 fully saturated rings. The topological polar surface area (TPSA) is 29.5 Å². The summed E-state index contributed by atoms with van der Waals surface area (Å²) in [7, 11) is -1.28. The number of hydrogen-bond acceptors (Lipinski definition) is 2. The molecule has 0 amide bonds. The fourth-order valence-corrected chi connectivity index (χ4v) is 5.91. The maximum Gasteiger partial charge on any atom is 0.283 e. The lowest BCUT2D eigenvalue weighted by atomic mass is 10.1. The Hall–Kier alpha value is -0.953. The van der Waals surface area contributed by atoms with Crippen LogP contribution in [0.15, 0.2) is 70.3 Å². The molecule has 0 aliphatic heterocycles. The summed E-state index contributed by atoms with van der Waals surface area (Å²) in [6.45, 7) is 5.69. The third-order valence-electron chi connectivity index (χ3n) is 3.38. The van der Waals surface area contributed by atoms with E-state index >= 15 is 0 Å². The summed E-state index contributed by atoms with van der Waals surface area (Å²) in [6.07, 6.45) is 2.79. The number of benzene rings is 2. The van der Waals surface area contributed by atoms with Gasteiger partial charge < -0.3 is 9.53 Å². The van der Waals surface area contributed by atoms with Crippen molar-refractivity contribution in [2.24, 2.45) is 0 Å². The Morgan fingerprint density at radius 1 is 1.08 bits per heavy atom. The van der Waals surface area contributed by atoms with Gasteiger partial charge in [0.1, 0.15) is 0 Å². The van der Waals surface area contributed by atoms with E-state index in [-0.39, 0.29) is 6.10 Å². The maximum absolute atomic E-state index is 9.92. The van der Waals surface area contributed by atoms with Crippen LogP contribution in [0.1, 0.15) is 27.2 Å². The lowest BCUT2D eigenvalue weighted by Crippen LogP contribution is -2.46. The molecular formula is C20H24IO2Si. The van der Waals surface area contributed by atoms with E-state index in [1.54, 1.807) is 13.8 Å². The number of aliphatic hydroxyl groups is 1. The van der Waals surface area contributed by atoms with Crippen LogP contribution >= 0.6 is 22.6 Å². The number of hydrogen-bond donors (Lipinski definition) is 1. The van der Waals surface area contributed by atoms with Gasteiger partial charge in [-0.25, -0.2) is 0 Å². The van der Waals surface area contributed by atoms with Crippen molar-refractivity contribution in [1.82, 2.24) is 0 Å². The smallest absolute Gasteiger partial charge is 0.283 e. The molecule has 1 radical (unpaired) electrons. The Morgan fingerprint density at radius 2 is 1.54 bits per heavy atom. The number of halogens is 1. The number of rotatable bonds is 7. The van der Waals surface area contributed by atoms with Gasteiger partial charge in [-0.15, -0.1) is 0 Å². The first-order valence-electron chi connectivity index (χ1n) is 8.09. The van der Waals surface area contributed by atoms with Crippen molar-refractivity contribution in [2.75, 3.05) is 0 Å². The summed E-state index contributed by atoms with van der Waals surface area (Å²) in [6, 6.07) is 20.9. The molecule has 4 heteroatoms. The van der Waals surface area contributed by atoms with Crippen LogP contribution in [0.2, 0.25) is 0 Å². The molecule has 2 rings (SSSR count). The van der Waals surface area contributed by atoms with Crippen molar-refractivity contribution in [3.8, 4) is 0 Å². The van der Waals surface area contributed by atoms with Gasteiger partial charge in [0.05, 0.1) is 5.60 Å². The summed E-state index contributed by atoms with van der Waals surface area (Å²) < 4.78 is 7.60. The van der Waals surface area contributed by atoms with Gasteiger partial charge in [-0.1, -0.05) is 60.7 Å². The van der Waals surface area contributed by atoms with E-state index in [4.69, 9.17) is 4.43 Å². The zero-order valence-corrected chi connectivity index (χ0v) is 17.5. The second-order valence-electron chi connectivity index (χ2n) is 6.44. The molecule has 127 valence electrons. The zero-order valence-electron chi connectivity index (χ0n) is 14.4. The average Bonchev–Trinajstić information content (AvgIpc) is 2.52. The Kier molecular flexibility index (Phi) is 7.22. The van der Waals surface area contributed by atoms with Gasteiger partial charge in [-0.05, 0) is 63.4 Å². The molecule has 0 aliphatic carbocycles. The quantitative estimate of drug-likeness (QED) is 0.514. The van der Waals surface area contributed by atoms with E-state index in [9.17, 15) is 5.11 Å². The SMILES string of the molecule is CC(C/C(I)=C/C(C)(C)O)O[Si](c1ccccc1)c1ccccc1. The fraction of sp³-hybridized carbons (Fsp3) is 0.300. The van der Waals surface area contributed by atoms with Gasteiger partial charge in [-0.2, -0.15) is 0 Å². The van der Waals surface area contributed by atoms with Crippen molar-refractivity contribution in [2.45, 2.75) is 38.9 Å². The van der Waals surface area contributed by atoms with Crippen LogP contribution in [0.4, 0.5) is 0 Å². The van der Waals surface area contributed by atoms with Crippen LogP contribution in [-0.4, -0.2) is 25.9 Å². The van der Waals surface area contributed by atoms with Crippen LogP contribution in [-0.2, 0) is 4.43 Å². The maximum atomic E-state index is 9.92. The highest BCUT2D eigenvalue weighted by atomic mass is 127. The Labute approximate surface area is 160 Å². The van der Waals surface area contributed by atoms with Crippen LogP contribution in [0.3, 0.4) is 0 Å². The molecule has 0 saturated carbocycles. The Bertz CT molecular complexity index is 611. The van der Waals surface area contributed by atoms with Gasteiger partial charge in [0, 0.05) is 12.5 Å². The van der Waals surface area contributed by atoms with E-state index < -0.39 is 14.6 Å². The summed E-state index contributed by atoms with van der Waals surface area (Å²) in [5, 5.41) is 12.4. The second-order valence-corrected chi connectivity index (χ2v) is 9.87. The van der Waals surface area contributed by atoms with E-state index in [1.807, 2.05) is 18.2 Å². The van der Waals surface area contributed by atoms with Gasteiger partial charge in [0.15, 0.2) is 0 Å². The van der Waals surface area contributed by atoms with E-state index in [2.05, 4.69) is 78.0 Å². The molecule has 2 aromatic rings. The predicted molar refractivity (Wildman–Crippen MR) is 111 cm³/mol. The van der Waals surface area contributed by atoms with Crippen LogP contribution in [0, 0.1) is 0 Å². The molecule has 0 aromatic heterocycles. The molecule has 0 bridgehead atoms. The summed E-state index contributed by atoms with van der Waals surface area (Å²) in [5.41, 5.74) is -0.789. The molecular weight excluding hydrogens is 427 g/mol. The van der Waals surface area contributed by atoms with Crippen LogP contribution in [0.25, 0.3) is 0 Å². The van der Waals surface area contributed by atoms with E-state index in [0.29, 0.717) is 0 Å². The van der Waals surface area contributed by atoms with Crippen LogP contribution < -0.4 is 10.4 Å². The van der Waals surface area contributed by atoms with Gasteiger partial charge in [0.25, 0.3) is 9.04 Å². The van der Waals surface area contributed by atoms with Crippen LogP contribution in [0.5, 0.6) is 0 Å². The highest BCUT2D eigenvalue weighted by Crippen LogP contribution is 2.20. The molecule has 0 spiro atoms. The van der Waals surface area contributed by atoms with Gasteiger partial charge in [0.2, 0.25) is 0 Å². The molecule has 2 aromatic carbocycles. The predicted octanol–water partition coefficient (Wildman–Crippen LogP) is 3.68. The lowest BCUT2D eigenvalue weighted by molar-refractivity contribution is 0.132. The third kappa shape index (κ3) is 6.51. The third-order valence-corrected chi connectivity index (χ3v) is 6.49. The summed E-state index contributed by atoms with van der Waals surface area (Å²) in [4.78, 5) is 0. The standard InChI is InChI=1S/C20H24IO2Si/c1-16(14-17(21)15-20(2,3)22)23-24(18-10-6-4-7-11-18)19-12-8-5-9-13-19/h4-13,15-16,22H,14H2,1-3H3/b17-15-. The second kappa shape index (κ2) is 8.94. The minimum Gasteiger partial charge on any atom is -0.404 e. The molecule has 1 N–H and O–H groups in total. The minimum absolute atomic E-state index is 0.0878. The van der Waals surface area contributed by atoms with Crippen molar-refractivity contribution in [1.29, 1.82) is 0 Å². The first-order valence-corrected chi connectivity index (χ1v) is 10.6. The largest absolute Gasteiger partial charge is 0.404 e. The molecule has 0 saturated heterocycles. The van der Waals surface area contributed by atoms with E-state index in [1.165, 1.54) is 10.4 Å². The minimum atomic E-state index is -1.28. The van der Waals surface area contributed by atoms with Crippen molar-refractivity contribution in [3.05, 3.63) is 70.3 Å². The molecule has 1 unspecified atom stereocenters. The summed E-state index contributed by atoms with van der Waals surface area (Å²) >= 11 is 2.29. The Morgan fingerprint density at radius 3 is 1.96 bits per heavy atom. The highest BCUT2D eigenvalue weighted by Gasteiger charge is 2.22. The lowest BCUT2D eigenvalue weighted by Gasteiger charge is -2.22. The van der Waals surface area contributed by atoms with Crippen molar-refractivity contribution < 1.29 is 9.53 Å². The highest BCUT2D eigenvalue weighted by molar-refractivity contribution is 14.1. The van der Waals surface area contributed by atoms with E-state index in [0.717, 1.165) is 10.0 Å². The molecule has 1 atom stereocenters. The molecule has 24 heavy (non-hydrogen) atoms. The summed E-state index contributed by atoms with van der Waals surface area (Å²) in [5.74, 6) is 0.